The van der Waals surface area contributed by atoms with Crippen molar-refractivity contribution in [2.45, 2.75) is 50.0 Å². The number of rotatable bonds is 8. The van der Waals surface area contributed by atoms with Crippen LogP contribution in [0.25, 0.3) is 0 Å². The summed E-state index contributed by atoms with van der Waals surface area (Å²) < 4.78 is 33.0. The van der Waals surface area contributed by atoms with Crippen LogP contribution in [0.2, 0.25) is 0 Å². The smallest absolute Gasteiger partial charge is 0.237 e. The number of nitrogens with zero attached hydrogens (tertiary/aromatic N) is 1. The third-order valence-corrected chi connectivity index (χ3v) is 6.63. The highest BCUT2D eigenvalue weighted by Crippen LogP contribution is 2.52. The summed E-state index contributed by atoms with van der Waals surface area (Å²) in [6.45, 7) is 3.64. The molecule has 0 spiro atoms. The molecule has 2 atom stereocenters. The average molecular weight is 457 g/mol. The highest BCUT2D eigenvalue weighted by Gasteiger charge is 2.63. The lowest BCUT2D eigenvalue weighted by Crippen LogP contribution is -2.69. The van der Waals surface area contributed by atoms with Crippen molar-refractivity contribution in [3.05, 3.63) is 66.0 Å². The summed E-state index contributed by atoms with van der Waals surface area (Å²) in [5, 5.41) is 2.99. The van der Waals surface area contributed by atoms with Crippen molar-refractivity contribution in [3.63, 3.8) is 0 Å². The Hall–Kier alpha value is -2.48. The van der Waals surface area contributed by atoms with E-state index in [2.05, 4.69) is 12.2 Å². The number of likely N-dealkylation sites (tertiary alicyclic amines) is 1. The second kappa shape index (κ2) is 10.2. The minimum atomic E-state index is -1.20. The Morgan fingerprint density at radius 2 is 1.85 bits per heavy atom. The monoisotopic (exact) mass is 456 g/mol. The highest BCUT2D eigenvalue weighted by molar-refractivity contribution is 5.79. The molecule has 2 aliphatic heterocycles. The van der Waals surface area contributed by atoms with Crippen molar-refractivity contribution < 1.29 is 23.4 Å². The van der Waals surface area contributed by atoms with Gasteiger partial charge in [0.05, 0.1) is 19.8 Å². The molecular weight excluding hydrogens is 423 g/mol. The molecule has 2 saturated heterocycles. The van der Waals surface area contributed by atoms with E-state index < -0.39 is 11.3 Å². The molecule has 0 aliphatic carbocycles. The van der Waals surface area contributed by atoms with Gasteiger partial charge in [-0.2, -0.15) is 0 Å². The number of carbonyl (C=O) groups excluding carboxylic acids is 1. The minimum absolute atomic E-state index is 0.00954. The molecule has 1 N–H and O–H groups in total. The largest absolute Gasteiger partial charge is 0.490 e. The van der Waals surface area contributed by atoms with Gasteiger partial charge in [0.25, 0.3) is 0 Å². The number of likely N-dealkylation sites (N-methyl/N-ethyl adjacent to an activating group) is 1. The molecule has 0 bridgehead atoms. The molecule has 2 aromatic rings. The zero-order valence-electron chi connectivity index (χ0n) is 19.4. The van der Waals surface area contributed by atoms with Crippen LogP contribution in [0.5, 0.6) is 5.75 Å². The molecule has 33 heavy (non-hydrogen) atoms. The first-order valence-corrected chi connectivity index (χ1v) is 11.8. The number of piperidine rings is 1. The Morgan fingerprint density at radius 3 is 2.48 bits per heavy atom. The SMILES string of the molecule is CCCC1(C2(c3ccc(F)cc3)OCCO2)CC(Oc2ccccc2)CCN1C(=O)CNC. The number of benzene rings is 2. The zero-order chi connectivity index (χ0) is 23.3. The highest BCUT2D eigenvalue weighted by atomic mass is 19.1. The topological polar surface area (TPSA) is 60.0 Å². The average Bonchev–Trinajstić information content (AvgIpc) is 3.32. The van der Waals surface area contributed by atoms with Crippen LogP contribution in [0.15, 0.2) is 54.6 Å². The fourth-order valence-electron chi connectivity index (χ4n) is 5.39. The zero-order valence-corrected chi connectivity index (χ0v) is 19.4. The molecule has 2 aliphatic rings. The molecule has 178 valence electrons. The van der Waals surface area contributed by atoms with Gasteiger partial charge in [-0.25, -0.2) is 4.39 Å². The van der Waals surface area contributed by atoms with Crippen LogP contribution in [0.3, 0.4) is 0 Å². The first-order chi connectivity index (χ1) is 16.0. The third kappa shape index (κ3) is 4.50. The molecule has 6 nitrogen and oxygen atoms in total. The molecule has 4 rings (SSSR count). The summed E-state index contributed by atoms with van der Waals surface area (Å²) >= 11 is 0. The van der Waals surface area contributed by atoms with Crippen LogP contribution < -0.4 is 10.1 Å². The minimum Gasteiger partial charge on any atom is -0.490 e. The second-order valence-electron chi connectivity index (χ2n) is 8.72. The van der Waals surface area contributed by atoms with Crippen molar-refractivity contribution in [1.82, 2.24) is 10.2 Å². The summed E-state index contributed by atoms with van der Waals surface area (Å²) in [5.74, 6) is -0.732. The van der Waals surface area contributed by atoms with Crippen LogP contribution in [0, 0.1) is 5.82 Å². The molecule has 0 radical (unpaired) electrons. The normalized spacial score (nSPS) is 24.6. The molecular formula is C26H33FN2O4. The molecule has 2 fully saturated rings. The van der Waals surface area contributed by atoms with Crippen LogP contribution >= 0.6 is 0 Å². The number of nitrogens with one attached hydrogen (secondary N) is 1. The second-order valence-corrected chi connectivity index (χ2v) is 8.72. The predicted molar refractivity (Wildman–Crippen MR) is 123 cm³/mol. The Bertz CT molecular complexity index is 918. The fraction of sp³-hybridized carbons (Fsp3) is 0.500. The van der Waals surface area contributed by atoms with Gasteiger partial charge in [0.1, 0.15) is 23.2 Å². The maximum atomic E-state index is 13.8. The van der Waals surface area contributed by atoms with Gasteiger partial charge in [0.15, 0.2) is 0 Å². The molecule has 0 saturated carbocycles. The number of para-hydroxylation sites is 1. The molecule has 2 unspecified atom stereocenters. The summed E-state index contributed by atoms with van der Waals surface area (Å²) in [6, 6.07) is 16.0. The fourth-order valence-corrected chi connectivity index (χ4v) is 5.39. The van der Waals surface area contributed by atoms with Gasteiger partial charge in [-0.05, 0) is 37.7 Å². The Morgan fingerprint density at radius 1 is 1.15 bits per heavy atom. The van der Waals surface area contributed by atoms with E-state index in [1.165, 1.54) is 12.1 Å². The van der Waals surface area contributed by atoms with Gasteiger partial charge in [-0.15, -0.1) is 0 Å². The van der Waals surface area contributed by atoms with Crippen molar-refractivity contribution >= 4 is 5.91 Å². The molecule has 7 heteroatoms. The van der Waals surface area contributed by atoms with E-state index in [0.717, 1.165) is 17.7 Å². The standard InChI is InChI=1S/C26H33FN2O4/c1-3-14-25(26(31-16-17-32-26)20-9-11-21(27)12-10-20)18-23(33-22-7-5-4-6-8-22)13-15-29(25)24(30)19-28-2/h4-12,23,28H,3,13-19H2,1-2H3. The van der Waals surface area contributed by atoms with Crippen molar-refractivity contribution in [3.8, 4) is 5.75 Å². The van der Waals surface area contributed by atoms with Crippen LogP contribution in [-0.4, -0.2) is 55.8 Å². The van der Waals surface area contributed by atoms with Gasteiger partial charge in [-0.1, -0.05) is 43.7 Å². The maximum Gasteiger partial charge on any atom is 0.237 e. The van der Waals surface area contributed by atoms with E-state index in [0.29, 0.717) is 39.0 Å². The number of halogens is 1. The first-order valence-electron chi connectivity index (χ1n) is 11.8. The number of hydrogen-bond acceptors (Lipinski definition) is 5. The predicted octanol–water partition coefficient (Wildman–Crippen LogP) is 3.85. The molecule has 2 aromatic carbocycles. The Kier molecular flexibility index (Phi) is 7.32. The lowest BCUT2D eigenvalue weighted by molar-refractivity contribution is -0.268. The van der Waals surface area contributed by atoms with E-state index in [4.69, 9.17) is 14.2 Å². The van der Waals surface area contributed by atoms with E-state index >= 15 is 0 Å². The van der Waals surface area contributed by atoms with Crippen molar-refractivity contribution in [2.24, 2.45) is 0 Å². The van der Waals surface area contributed by atoms with Gasteiger partial charge >= 0.3 is 0 Å². The van der Waals surface area contributed by atoms with Crippen LogP contribution in [0.4, 0.5) is 4.39 Å². The van der Waals surface area contributed by atoms with Crippen molar-refractivity contribution in [2.75, 3.05) is 33.4 Å². The van der Waals surface area contributed by atoms with Crippen molar-refractivity contribution in [1.29, 1.82) is 0 Å². The van der Waals surface area contributed by atoms with Crippen LogP contribution in [-0.2, 0) is 20.1 Å². The van der Waals surface area contributed by atoms with Gasteiger partial charge in [0, 0.05) is 24.9 Å². The summed E-state index contributed by atoms with van der Waals surface area (Å²) in [7, 11) is 1.77. The van der Waals surface area contributed by atoms with Gasteiger partial charge in [-0.3, -0.25) is 4.79 Å². The molecule has 0 aromatic heterocycles. The number of carbonyl (C=O) groups is 1. The first kappa shape index (κ1) is 23.7. The van der Waals surface area contributed by atoms with E-state index in [1.807, 2.05) is 35.2 Å². The maximum absolute atomic E-state index is 13.8. The summed E-state index contributed by atoms with van der Waals surface area (Å²) in [5.41, 5.74) is -0.0840. The van der Waals surface area contributed by atoms with Gasteiger partial charge in [0.2, 0.25) is 11.7 Å². The van der Waals surface area contributed by atoms with Crippen LogP contribution in [0.1, 0.15) is 38.2 Å². The third-order valence-electron chi connectivity index (χ3n) is 6.63. The molecule has 2 heterocycles. The number of ether oxygens (including phenoxy) is 3. The summed E-state index contributed by atoms with van der Waals surface area (Å²) in [4.78, 5) is 15.3. The quantitative estimate of drug-likeness (QED) is 0.654. The van der Waals surface area contributed by atoms with E-state index in [1.54, 1.807) is 19.2 Å². The lowest BCUT2D eigenvalue weighted by Gasteiger charge is -2.56. The lowest BCUT2D eigenvalue weighted by atomic mass is 9.72. The van der Waals surface area contributed by atoms with E-state index in [-0.39, 0.29) is 24.4 Å². The molecule has 1 amide bonds. The summed E-state index contributed by atoms with van der Waals surface area (Å²) in [6.07, 6.45) is 2.60. The Balaban J connectivity index is 1.80. The van der Waals surface area contributed by atoms with Gasteiger partial charge < -0.3 is 24.4 Å². The van der Waals surface area contributed by atoms with E-state index in [9.17, 15) is 9.18 Å². The number of amides is 1. The number of hydrogen-bond donors (Lipinski definition) is 1. The Labute approximate surface area is 195 Å².